The molecule has 0 aliphatic rings. The monoisotopic (exact) mass is 85.0 g/mol. The van der Waals surface area contributed by atoms with Crippen LogP contribution in [0, 0.1) is 0 Å². The van der Waals surface area contributed by atoms with Crippen molar-refractivity contribution < 1.29 is 5.21 Å². The number of hydrogen-bond acceptors (Lipinski definition) is 2. The second kappa shape index (κ2) is 8.93. The van der Waals surface area contributed by atoms with Gasteiger partial charge in [0.25, 0.3) is 0 Å². The molecule has 0 heterocycles. The normalized spacial score (nSPS) is 3.00. The zero-order valence-corrected chi connectivity index (χ0v) is 1.60. The molecule has 3 heteroatoms. The zero-order valence-electron chi connectivity index (χ0n) is 1.60. The Morgan fingerprint density at radius 1 is 1.75 bits per heavy atom. The van der Waals surface area contributed by atoms with Crippen molar-refractivity contribution >= 4 is 58.1 Å². The van der Waals surface area contributed by atoms with Crippen molar-refractivity contribution in [1.29, 1.82) is 0 Å². The molecule has 0 bridgehead atoms. The molecule has 0 unspecified atom stereocenters. The van der Waals surface area contributed by atoms with Crippen LogP contribution < -0.4 is 0 Å². The standard InChI is InChI=1S/CH3NO.K.H/c1-2-3;;/h3H,1H2;;. The van der Waals surface area contributed by atoms with Gasteiger partial charge in [-0.3, -0.25) is 0 Å². The Labute approximate surface area is 67.3 Å². The molecule has 0 fully saturated rings. The van der Waals surface area contributed by atoms with Crippen molar-refractivity contribution in [2.75, 3.05) is 0 Å². The Kier molecular flexibility index (Phi) is 19.9. The molecule has 0 aromatic carbocycles. The summed E-state index contributed by atoms with van der Waals surface area (Å²) in [5.41, 5.74) is 0. The molecule has 0 aliphatic carbocycles. The summed E-state index contributed by atoms with van der Waals surface area (Å²) in [6, 6.07) is 0. The van der Waals surface area contributed by atoms with Gasteiger partial charge >= 0.3 is 51.4 Å². The summed E-state index contributed by atoms with van der Waals surface area (Å²) in [6.07, 6.45) is 0. The molecule has 0 radical (unpaired) electrons. The molecule has 0 spiro atoms. The van der Waals surface area contributed by atoms with Gasteiger partial charge in [-0.05, 0) is 0 Å². The fraction of sp³-hybridized carbons (Fsp3) is 0. The van der Waals surface area contributed by atoms with E-state index in [1.54, 1.807) is 0 Å². The summed E-state index contributed by atoms with van der Waals surface area (Å²) in [7, 11) is 0. The van der Waals surface area contributed by atoms with E-state index in [4.69, 9.17) is 5.21 Å². The molecule has 20 valence electrons. The Morgan fingerprint density at radius 3 is 1.75 bits per heavy atom. The maximum atomic E-state index is 7.08. The van der Waals surface area contributed by atoms with E-state index in [9.17, 15) is 0 Å². The van der Waals surface area contributed by atoms with Crippen LogP contribution >= 0.6 is 0 Å². The van der Waals surface area contributed by atoms with Crippen LogP contribution in [0.5, 0.6) is 0 Å². The third-order valence-corrected chi connectivity index (χ3v) is 0. The Morgan fingerprint density at radius 2 is 1.75 bits per heavy atom. The van der Waals surface area contributed by atoms with Crippen LogP contribution in [0.2, 0.25) is 0 Å². The summed E-state index contributed by atoms with van der Waals surface area (Å²) in [4.78, 5) is 0. The summed E-state index contributed by atoms with van der Waals surface area (Å²) in [5.74, 6) is 0. The van der Waals surface area contributed by atoms with E-state index >= 15 is 0 Å². The van der Waals surface area contributed by atoms with E-state index < -0.39 is 0 Å². The summed E-state index contributed by atoms with van der Waals surface area (Å²) >= 11 is 0. The van der Waals surface area contributed by atoms with Crippen molar-refractivity contribution in [3.8, 4) is 0 Å². The molecule has 0 rings (SSSR count). The second-order valence-corrected chi connectivity index (χ2v) is 0.141. The first kappa shape index (κ1) is 8.92. The van der Waals surface area contributed by atoms with Gasteiger partial charge in [0.15, 0.2) is 0 Å². The third kappa shape index (κ3) is 11.3. The topological polar surface area (TPSA) is 32.6 Å². The molecule has 0 aromatic rings. The first-order valence-electron chi connectivity index (χ1n) is 0.516. The van der Waals surface area contributed by atoms with Crippen LogP contribution in [0.25, 0.3) is 0 Å². The number of hydrogen-bond donors (Lipinski definition) is 1. The second-order valence-electron chi connectivity index (χ2n) is 0.141. The predicted octanol–water partition coefficient (Wildman–Crippen LogP) is -0.572. The van der Waals surface area contributed by atoms with Crippen molar-refractivity contribution in [3.63, 3.8) is 0 Å². The van der Waals surface area contributed by atoms with Gasteiger partial charge in [0.05, 0.1) is 0 Å². The summed E-state index contributed by atoms with van der Waals surface area (Å²) in [5, 5.41) is 9.33. The van der Waals surface area contributed by atoms with E-state index in [2.05, 4.69) is 11.9 Å². The molecular weight excluding hydrogens is 81.1 g/mol. The van der Waals surface area contributed by atoms with E-state index in [-0.39, 0.29) is 51.4 Å². The molecule has 0 atom stereocenters. The molecule has 0 aromatic heterocycles. The van der Waals surface area contributed by atoms with Crippen molar-refractivity contribution in [2.45, 2.75) is 0 Å². The van der Waals surface area contributed by atoms with Gasteiger partial charge in [0, 0.05) is 6.72 Å². The fourth-order valence-corrected chi connectivity index (χ4v) is 0. The van der Waals surface area contributed by atoms with Gasteiger partial charge in [-0.2, -0.15) is 0 Å². The Balaban J connectivity index is 0. The molecule has 0 amide bonds. The Hall–Kier alpha value is 1.11. The minimum atomic E-state index is 0. The maximum absolute atomic E-state index is 7.08. The zero-order chi connectivity index (χ0) is 2.71. The molecule has 1 N–H and O–H groups in total. The molecule has 2 nitrogen and oxygen atoms in total. The number of rotatable bonds is 0. The molecule has 4 heavy (non-hydrogen) atoms. The molecular formula is CH4KNO. The van der Waals surface area contributed by atoms with Gasteiger partial charge in [-0.1, -0.05) is 0 Å². The Bertz CT molecular complexity index is 15.5. The van der Waals surface area contributed by atoms with Crippen LogP contribution in [0.15, 0.2) is 5.16 Å². The molecule has 0 saturated carbocycles. The van der Waals surface area contributed by atoms with Crippen LogP contribution in [0.4, 0.5) is 0 Å². The van der Waals surface area contributed by atoms with E-state index in [0.29, 0.717) is 0 Å². The first-order chi connectivity index (χ1) is 1.41. The van der Waals surface area contributed by atoms with E-state index in [0.717, 1.165) is 0 Å². The van der Waals surface area contributed by atoms with Gasteiger partial charge < -0.3 is 5.21 Å². The minimum absolute atomic E-state index is 0. The summed E-state index contributed by atoms with van der Waals surface area (Å²) < 4.78 is 0. The van der Waals surface area contributed by atoms with Gasteiger partial charge in [0.1, 0.15) is 0 Å². The first-order valence-corrected chi connectivity index (χ1v) is 0.516. The van der Waals surface area contributed by atoms with Crippen LogP contribution in [-0.2, 0) is 0 Å². The summed E-state index contributed by atoms with van der Waals surface area (Å²) in [6.45, 7) is 2.67. The van der Waals surface area contributed by atoms with Crippen molar-refractivity contribution in [2.24, 2.45) is 5.16 Å². The number of nitrogens with zero attached hydrogens (tertiary/aromatic N) is 1. The van der Waals surface area contributed by atoms with Gasteiger partial charge in [-0.15, -0.1) is 5.16 Å². The molecule has 0 saturated heterocycles. The van der Waals surface area contributed by atoms with Crippen LogP contribution in [0.1, 0.15) is 0 Å². The average Bonchev–Trinajstić information content (AvgIpc) is 0.918. The van der Waals surface area contributed by atoms with Gasteiger partial charge in [0.2, 0.25) is 0 Å². The average molecular weight is 85.1 g/mol. The van der Waals surface area contributed by atoms with Crippen LogP contribution in [-0.4, -0.2) is 63.3 Å². The predicted molar refractivity (Wildman–Crippen MR) is 18.5 cm³/mol. The van der Waals surface area contributed by atoms with E-state index in [1.807, 2.05) is 0 Å². The quantitative estimate of drug-likeness (QED) is 0.182. The van der Waals surface area contributed by atoms with Gasteiger partial charge in [-0.25, -0.2) is 0 Å². The fourth-order valence-electron chi connectivity index (χ4n) is 0. The SMILES string of the molecule is C=NO.[KH]. The molecule has 0 aliphatic heterocycles. The van der Waals surface area contributed by atoms with Crippen molar-refractivity contribution in [1.82, 2.24) is 0 Å². The van der Waals surface area contributed by atoms with E-state index in [1.165, 1.54) is 0 Å². The van der Waals surface area contributed by atoms with Crippen molar-refractivity contribution in [3.05, 3.63) is 0 Å². The number of oxime groups is 1. The van der Waals surface area contributed by atoms with Crippen LogP contribution in [0.3, 0.4) is 0 Å². The third-order valence-electron chi connectivity index (χ3n) is 0.